The number of fused-ring (bicyclic) bond motifs is 8. The van der Waals surface area contributed by atoms with Crippen molar-refractivity contribution < 1.29 is 0 Å². The molecule has 0 saturated heterocycles. The SMILES string of the molecule is CCCCCc1c(CCC)c2cc3nc(cc4ccc(cc5nc(cc1n2CCC)C=C5)[nH]4)C=C3. The van der Waals surface area contributed by atoms with E-state index in [1.165, 1.54) is 41.4 Å². The standard InChI is InChI=1S/C31H36N4/c1-4-7-8-10-29-28(9-5-2)30-20-26-15-13-24(33-26)18-22-11-12-23(32-22)19-25-14-16-27(34-25)21-31(29)35(30)17-6-3/h11-16,18-21,32H,4-10,17H2,1-3H3. The largest absolute Gasteiger partial charge is 0.355 e. The van der Waals surface area contributed by atoms with Gasteiger partial charge in [-0.2, -0.15) is 0 Å². The van der Waals surface area contributed by atoms with Gasteiger partial charge in [0.25, 0.3) is 0 Å². The fraction of sp³-hybridized carbons (Fsp3) is 0.355. The van der Waals surface area contributed by atoms with Gasteiger partial charge in [0.05, 0.1) is 22.8 Å². The topological polar surface area (TPSA) is 46.5 Å². The molecule has 0 fully saturated rings. The van der Waals surface area contributed by atoms with Gasteiger partial charge in [-0.05, 0) is 97.5 Å². The third-order valence-electron chi connectivity index (χ3n) is 6.81. The van der Waals surface area contributed by atoms with Crippen LogP contribution in [0.5, 0.6) is 0 Å². The Hall–Kier alpha value is -3.40. The molecule has 2 aliphatic heterocycles. The van der Waals surface area contributed by atoms with Crippen LogP contribution in [0.4, 0.5) is 0 Å². The van der Waals surface area contributed by atoms with Crippen LogP contribution in [0, 0.1) is 0 Å². The first-order chi connectivity index (χ1) is 17.2. The van der Waals surface area contributed by atoms with E-state index >= 15 is 0 Å². The highest BCUT2D eigenvalue weighted by molar-refractivity contribution is 5.81. The summed E-state index contributed by atoms with van der Waals surface area (Å²) in [6, 6.07) is 13.0. The second-order valence-electron chi connectivity index (χ2n) is 9.62. The van der Waals surface area contributed by atoms with Crippen molar-refractivity contribution in [2.45, 2.75) is 72.3 Å². The summed E-state index contributed by atoms with van der Waals surface area (Å²) in [4.78, 5) is 13.4. The number of aromatic amines is 1. The van der Waals surface area contributed by atoms with Crippen LogP contribution in [0.2, 0.25) is 0 Å². The number of aromatic nitrogens is 4. The Labute approximate surface area is 208 Å². The van der Waals surface area contributed by atoms with Gasteiger partial charge in [-0.1, -0.05) is 40.0 Å². The monoisotopic (exact) mass is 464 g/mol. The molecule has 8 bridgehead atoms. The Balaban J connectivity index is 1.87. The molecular formula is C31H36N4. The summed E-state index contributed by atoms with van der Waals surface area (Å²) in [5.74, 6) is 0. The van der Waals surface area contributed by atoms with E-state index in [0.717, 1.165) is 66.0 Å². The maximum absolute atomic E-state index is 4.96. The zero-order chi connectivity index (χ0) is 24.2. The van der Waals surface area contributed by atoms with Gasteiger partial charge in [0.2, 0.25) is 0 Å². The molecule has 0 aromatic carbocycles. The Morgan fingerprint density at radius 2 is 1.17 bits per heavy atom. The zero-order valence-electron chi connectivity index (χ0n) is 21.3. The van der Waals surface area contributed by atoms with Crippen LogP contribution in [-0.2, 0) is 19.4 Å². The van der Waals surface area contributed by atoms with Crippen molar-refractivity contribution >= 4 is 46.4 Å². The van der Waals surface area contributed by atoms with E-state index in [1.807, 2.05) is 0 Å². The predicted octanol–water partition coefficient (Wildman–Crippen LogP) is 8.22. The lowest BCUT2D eigenvalue weighted by atomic mass is 10.00. The van der Waals surface area contributed by atoms with Gasteiger partial charge in [-0.3, -0.25) is 0 Å². The molecule has 5 heterocycles. The quantitative estimate of drug-likeness (QED) is 0.235. The van der Waals surface area contributed by atoms with Crippen LogP contribution >= 0.6 is 0 Å². The molecule has 0 amide bonds. The van der Waals surface area contributed by atoms with Gasteiger partial charge >= 0.3 is 0 Å². The van der Waals surface area contributed by atoms with Crippen molar-refractivity contribution in [3.8, 4) is 0 Å². The van der Waals surface area contributed by atoms with E-state index in [9.17, 15) is 0 Å². The van der Waals surface area contributed by atoms with Crippen molar-refractivity contribution in [3.05, 3.63) is 70.3 Å². The molecule has 3 aromatic rings. The number of H-pyrrole nitrogens is 1. The van der Waals surface area contributed by atoms with Crippen molar-refractivity contribution in [1.29, 1.82) is 0 Å². The van der Waals surface area contributed by atoms with E-state index in [2.05, 4.69) is 91.0 Å². The van der Waals surface area contributed by atoms with Gasteiger partial charge < -0.3 is 9.55 Å². The van der Waals surface area contributed by atoms with E-state index in [1.54, 1.807) is 0 Å². The normalized spacial score (nSPS) is 12.5. The highest BCUT2D eigenvalue weighted by atomic mass is 15.0. The van der Waals surface area contributed by atoms with E-state index in [0.29, 0.717) is 0 Å². The molecule has 4 nitrogen and oxygen atoms in total. The van der Waals surface area contributed by atoms with E-state index in [4.69, 9.17) is 9.97 Å². The first-order valence-corrected chi connectivity index (χ1v) is 13.3. The van der Waals surface area contributed by atoms with Gasteiger partial charge in [-0.25, -0.2) is 9.97 Å². The Kier molecular flexibility index (Phi) is 6.98. The number of hydrogen-bond donors (Lipinski definition) is 1. The lowest BCUT2D eigenvalue weighted by Crippen LogP contribution is -1.97. The van der Waals surface area contributed by atoms with Crippen LogP contribution in [0.3, 0.4) is 0 Å². The highest BCUT2D eigenvalue weighted by Gasteiger charge is 2.16. The fourth-order valence-corrected chi connectivity index (χ4v) is 5.23. The molecule has 3 aromatic heterocycles. The number of nitrogens with one attached hydrogen (secondary N) is 1. The molecule has 0 saturated carbocycles. The zero-order valence-corrected chi connectivity index (χ0v) is 21.3. The minimum atomic E-state index is 0.978. The van der Waals surface area contributed by atoms with Crippen LogP contribution in [0.1, 0.15) is 86.8 Å². The molecule has 1 N–H and O–H groups in total. The summed E-state index contributed by atoms with van der Waals surface area (Å²) in [6.45, 7) is 7.82. The smallest absolute Gasteiger partial charge is 0.0658 e. The van der Waals surface area contributed by atoms with Gasteiger partial charge in [-0.15, -0.1) is 0 Å². The van der Waals surface area contributed by atoms with Crippen LogP contribution < -0.4 is 0 Å². The van der Waals surface area contributed by atoms with Gasteiger partial charge in [0, 0.05) is 28.6 Å². The summed E-state index contributed by atoms with van der Waals surface area (Å²) in [6.07, 6.45) is 16.7. The van der Waals surface area contributed by atoms with Crippen LogP contribution in [0.25, 0.3) is 46.4 Å². The van der Waals surface area contributed by atoms with Crippen molar-refractivity contribution in [1.82, 2.24) is 19.5 Å². The summed E-state index contributed by atoms with van der Waals surface area (Å²) in [7, 11) is 0. The lowest BCUT2D eigenvalue weighted by molar-refractivity contribution is 0.708. The van der Waals surface area contributed by atoms with Crippen molar-refractivity contribution in [2.75, 3.05) is 0 Å². The summed E-state index contributed by atoms with van der Waals surface area (Å²) >= 11 is 0. The highest BCUT2D eigenvalue weighted by Crippen LogP contribution is 2.30. The average molecular weight is 465 g/mol. The van der Waals surface area contributed by atoms with Crippen LogP contribution in [-0.4, -0.2) is 19.5 Å². The number of nitrogens with zero attached hydrogens (tertiary/aromatic N) is 3. The Bertz CT molecular complexity index is 1430. The number of aryl methyl sites for hydroxylation is 3. The van der Waals surface area contributed by atoms with Crippen molar-refractivity contribution in [3.63, 3.8) is 0 Å². The molecule has 0 spiro atoms. The second-order valence-corrected chi connectivity index (χ2v) is 9.62. The molecule has 5 rings (SSSR count). The molecule has 2 aliphatic rings. The summed E-state index contributed by atoms with van der Waals surface area (Å²) < 4.78 is 2.53. The Morgan fingerprint density at radius 1 is 0.629 bits per heavy atom. The minimum Gasteiger partial charge on any atom is -0.355 e. The van der Waals surface area contributed by atoms with E-state index in [-0.39, 0.29) is 0 Å². The third-order valence-corrected chi connectivity index (χ3v) is 6.81. The first-order valence-electron chi connectivity index (χ1n) is 13.3. The van der Waals surface area contributed by atoms with Gasteiger partial charge in [0.1, 0.15) is 0 Å². The number of hydrogen-bond acceptors (Lipinski definition) is 2. The molecule has 0 unspecified atom stereocenters. The minimum absolute atomic E-state index is 0.978. The first kappa shape index (κ1) is 23.3. The summed E-state index contributed by atoms with van der Waals surface area (Å²) in [5, 5.41) is 0. The predicted molar refractivity (Wildman–Crippen MR) is 150 cm³/mol. The average Bonchev–Trinajstić information content (AvgIpc) is 3.62. The fourth-order valence-electron chi connectivity index (χ4n) is 5.23. The molecule has 35 heavy (non-hydrogen) atoms. The summed E-state index contributed by atoms with van der Waals surface area (Å²) in [5.41, 5.74) is 11.8. The molecule has 0 aliphatic carbocycles. The van der Waals surface area contributed by atoms with E-state index < -0.39 is 0 Å². The maximum atomic E-state index is 4.96. The number of rotatable bonds is 8. The van der Waals surface area contributed by atoms with Gasteiger partial charge in [0.15, 0.2) is 0 Å². The second kappa shape index (κ2) is 10.5. The molecule has 0 radical (unpaired) electrons. The molecular weight excluding hydrogens is 428 g/mol. The third kappa shape index (κ3) is 5.02. The Morgan fingerprint density at radius 3 is 1.69 bits per heavy atom. The molecule has 180 valence electrons. The maximum Gasteiger partial charge on any atom is 0.0658 e. The molecule has 4 heteroatoms. The van der Waals surface area contributed by atoms with Crippen LogP contribution in [0.15, 0.2) is 36.4 Å². The lowest BCUT2D eigenvalue weighted by Gasteiger charge is -2.05. The number of unbranched alkanes of at least 4 members (excludes halogenated alkanes) is 2. The molecule has 0 atom stereocenters. The van der Waals surface area contributed by atoms with Crippen molar-refractivity contribution in [2.24, 2.45) is 0 Å².